The molecule has 1 aromatic rings. The van der Waals surface area contributed by atoms with Crippen LogP contribution in [-0.4, -0.2) is 19.6 Å². The zero-order valence-electron chi connectivity index (χ0n) is 13.0. The van der Waals surface area contributed by atoms with Crippen molar-refractivity contribution < 1.29 is 0 Å². The predicted octanol–water partition coefficient (Wildman–Crippen LogP) is 3.54. The maximum Gasteiger partial charge on any atom is 0.0205 e. The van der Waals surface area contributed by atoms with Crippen molar-refractivity contribution in [2.45, 2.75) is 46.6 Å². The summed E-state index contributed by atoms with van der Waals surface area (Å²) < 4.78 is 0. The fourth-order valence-corrected chi connectivity index (χ4v) is 1.98. The summed E-state index contributed by atoms with van der Waals surface area (Å²) in [5.74, 6) is 1.36. The molecule has 2 N–H and O–H groups in total. The van der Waals surface area contributed by atoms with E-state index in [-0.39, 0.29) is 0 Å². The fraction of sp³-hybridized carbons (Fsp3) is 0.647. The van der Waals surface area contributed by atoms with Gasteiger partial charge in [0.1, 0.15) is 0 Å². The van der Waals surface area contributed by atoms with Crippen LogP contribution in [0.1, 0.15) is 51.2 Å². The molecule has 0 bridgehead atoms. The zero-order valence-corrected chi connectivity index (χ0v) is 13.0. The van der Waals surface area contributed by atoms with Crippen LogP contribution in [0.25, 0.3) is 0 Å². The normalized spacial score (nSPS) is 11.5. The second-order valence-electron chi connectivity index (χ2n) is 6.02. The van der Waals surface area contributed by atoms with Crippen molar-refractivity contribution in [3.05, 3.63) is 35.4 Å². The molecule has 0 aromatic heterocycles. The summed E-state index contributed by atoms with van der Waals surface area (Å²) in [7, 11) is 0. The second-order valence-corrected chi connectivity index (χ2v) is 6.02. The van der Waals surface area contributed by atoms with E-state index in [0.29, 0.717) is 5.92 Å². The van der Waals surface area contributed by atoms with Crippen LogP contribution in [-0.2, 0) is 6.54 Å². The van der Waals surface area contributed by atoms with Crippen LogP contribution >= 0.6 is 0 Å². The Balaban J connectivity index is 2.09. The van der Waals surface area contributed by atoms with Crippen molar-refractivity contribution in [2.75, 3.05) is 19.6 Å². The molecular weight excluding hydrogens is 232 g/mol. The minimum Gasteiger partial charge on any atom is -0.316 e. The number of rotatable bonds is 9. The third-order valence-corrected chi connectivity index (χ3v) is 3.24. The highest BCUT2D eigenvalue weighted by Crippen LogP contribution is 2.14. The van der Waals surface area contributed by atoms with Gasteiger partial charge in [0.2, 0.25) is 0 Å². The Morgan fingerprint density at radius 3 is 2.11 bits per heavy atom. The number of hydrogen-bond acceptors (Lipinski definition) is 2. The molecule has 0 aliphatic rings. The van der Waals surface area contributed by atoms with Crippen molar-refractivity contribution >= 4 is 0 Å². The maximum absolute atomic E-state index is 3.50. The molecule has 0 aliphatic carbocycles. The van der Waals surface area contributed by atoms with Gasteiger partial charge in [-0.2, -0.15) is 0 Å². The van der Waals surface area contributed by atoms with Crippen LogP contribution in [0.5, 0.6) is 0 Å². The highest BCUT2D eigenvalue weighted by Gasteiger charge is 1.98. The van der Waals surface area contributed by atoms with E-state index < -0.39 is 0 Å². The van der Waals surface area contributed by atoms with Gasteiger partial charge in [0.15, 0.2) is 0 Å². The van der Waals surface area contributed by atoms with E-state index in [4.69, 9.17) is 0 Å². The lowest BCUT2D eigenvalue weighted by Crippen LogP contribution is -2.24. The summed E-state index contributed by atoms with van der Waals surface area (Å²) in [5.41, 5.74) is 2.79. The summed E-state index contributed by atoms with van der Waals surface area (Å²) in [6, 6.07) is 8.95. The van der Waals surface area contributed by atoms with Gasteiger partial charge in [-0.1, -0.05) is 52.0 Å². The van der Waals surface area contributed by atoms with Crippen molar-refractivity contribution in [1.82, 2.24) is 10.6 Å². The van der Waals surface area contributed by atoms with Gasteiger partial charge >= 0.3 is 0 Å². The van der Waals surface area contributed by atoms with E-state index in [2.05, 4.69) is 62.6 Å². The minimum atomic E-state index is 0.619. The summed E-state index contributed by atoms with van der Waals surface area (Å²) >= 11 is 0. The fourth-order valence-electron chi connectivity index (χ4n) is 1.98. The third-order valence-electron chi connectivity index (χ3n) is 3.24. The molecule has 0 unspecified atom stereocenters. The summed E-state index contributed by atoms with van der Waals surface area (Å²) in [5, 5.41) is 6.96. The van der Waals surface area contributed by atoms with Crippen LogP contribution in [0.2, 0.25) is 0 Å². The monoisotopic (exact) mass is 262 g/mol. The Morgan fingerprint density at radius 2 is 1.53 bits per heavy atom. The van der Waals surface area contributed by atoms with E-state index in [1.807, 2.05) is 0 Å². The zero-order chi connectivity index (χ0) is 14.1. The lowest BCUT2D eigenvalue weighted by Gasteiger charge is -2.09. The molecule has 2 nitrogen and oxygen atoms in total. The van der Waals surface area contributed by atoms with Crippen LogP contribution < -0.4 is 10.6 Å². The van der Waals surface area contributed by atoms with Gasteiger partial charge in [-0.3, -0.25) is 0 Å². The second kappa shape index (κ2) is 9.11. The molecule has 0 aliphatic heterocycles. The van der Waals surface area contributed by atoms with E-state index in [9.17, 15) is 0 Å². The SMILES string of the molecule is CC(C)CNCCCNCc1ccc(C(C)C)cc1. The smallest absolute Gasteiger partial charge is 0.0205 e. The largest absolute Gasteiger partial charge is 0.316 e. The van der Waals surface area contributed by atoms with Gasteiger partial charge < -0.3 is 10.6 Å². The Hall–Kier alpha value is -0.860. The van der Waals surface area contributed by atoms with Crippen molar-refractivity contribution in [1.29, 1.82) is 0 Å². The first kappa shape index (κ1) is 16.2. The summed E-state index contributed by atoms with van der Waals surface area (Å²) in [6.45, 7) is 13.2. The molecule has 108 valence electrons. The van der Waals surface area contributed by atoms with Gasteiger partial charge in [-0.05, 0) is 49.0 Å². The maximum atomic E-state index is 3.50. The molecule has 0 amide bonds. The summed E-state index contributed by atoms with van der Waals surface area (Å²) in [6.07, 6.45) is 1.19. The Morgan fingerprint density at radius 1 is 0.895 bits per heavy atom. The van der Waals surface area contributed by atoms with Gasteiger partial charge in [0, 0.05) is 6.54 Å². The van der Waals surface area contributed by atoms with Gasteiger partial charge in [-0.25, -0.2) is 0 Å². The molecule has 0 saturated heterocycles. The topological polar surface area (TPSA) is 24.1 Å². The lowest BCUT2D eigenvalue weighted by atomic mass is 10.0. The molecule has 0 atom stereocenters. The number of hydrogen-bond donors (Lipinski definition) is 2. The quantitative estimate of drug-likeness (QED) is 0.665. The molecule has 0 spiro atoms. The van der Waals surface area contributed by atoms with E-state index in [1.54, 1.807) is 0 Å². The van der Waals surface area contributed by atoms with E-state index >= 15 is 0 Å². The van der Waals surface area contributed by atoms with Gasteiger partial charge in [0.05, 0.1) is 0 Å². The standard InChI is InChI=1S/C17H30N2/c1-14(2)12-18-10-5-11-19-13-16-6-8-17(9-7-16)15(3)4/h6-9,14-15,18-19H,5,10-13H2,1-4H3. The minimum absolute atomic E-state index is 0.619. The molecule has 1 aromatic carbocycles. The Bertz CT molecular complexity index is 328. The Kier molecular flexibility index (Phi) is 7.76. The average Bonchev–Trinajstić information content (AvgIpc) is 2.38. The number of nitrogens with one attached hydrogen (secondary N) is 2. The molecule has 1 rings (SSSR count). The molecule has 19 heavy (non-hydrogen) atoms. The predicted molar refractivity (Wildman–Crippen MR) is 84.6 cm³/mol. The number of benzene rings is 1. The van der Waals surface area contributed by atoms with Crippen LogP contribution in [0.15, 0.2) is 24.3 Å². The van der Waals surface area contributed by atoms with E-state index in [0.717, 1.165) is 32.1 Å². The van der Waals surface area contributed by atoms with Crippen molar-refractivity contribution in [3.63, 3.8) is 0 Å². The first-order valence-electron chi connectivity index (χ1n) is 7.60. The molecule has 0 heterocycles. The molecule has 0 radical (unpaired) electrons. The van der Waals surface area contributed by atoms with E-state index in [1.165, 1.54) is 17.5 Å². The first-order chi connectivity index (χ1) is 9.09. The third kappa shape index (κ3) is 7.34. The van der Waals surface area contributed by atoms with Crippen LogP contribution in [0, 0.1) is 5.92 Å². The van der Waals surface area contributed by atoms with Gasteiger partial charge in [0.25, 0.3) is 0 Å². The average molecular weight is 262 g/mol. The van der Waals surface area contributed by atoms with Crippen LogP contribution in [0.4, 0.5) is 0 Å². The highest BCUT2D eigenvalue weighted by molar-refractivity contribution is 5.24. The lowest BCUT2D eigenvalue weighted by molar-refractivity contribution is 0.530. The highest BCUT2D eigenvalue weighted by atomic mass is 14.9. The van der Waals surface area contributed by atoms with Crippen LogP contribution in [0.3, 0.4) is 0 Å². The molecular formula is C17H30N2. The molecule has 2 heteroatoms. The van der Waals surface area contributed by atoms with Crippen molar-refractivity contribution in [3.8, 4) is 0 Å². The summed E-state index contributed by atoms with van der Waals surface area (Å²) in [4.78, 5) is 0. The Labute approximate surface area is 119 Å². The van der Waals surface area contributed by atoms with Gasteiger partial charge in [-0.15, -0.1) is 0 Å². The first-order valence-corrected chi connectivity index (χ1v) is 7.60. The molecule has 0 saturated carbocycles. The molecule has 0 fully saturated rings. The van der Waals surface area contributed by atoms with Crippen molar-refractivity contribution in [2.24, 2.45) is 5.92 Å².